The number of halogens is 1. The maximum Gasteiger partial charge on any atom is 0.260 e. The lowest BCUT2D eigenvalue weighted by Crippen LogP contribution is -2.50. The van der Waals surface area contributed by atoms with E-state index in [-0.39, 0.29) is 12.5 Å². The van der Waals surface area contributed by atoms with E-state index in [2.05, 4.69) is 10.4 Å². The van der Waals surface area contributed by atoms with Crippen molar-refractivity contribution in [2.75, 3.05) is 11.9 Å². The van der Waals surface area contributed by atoms with E-state index in [1.165, 1.54) is 6.20 Å². The Hall–Kier alpha value is -2.70. The molecule has 1 aromatic heterocycles. The fourth-order valence-corrected chi connectivity index (χ4v) is 3.51. The Kier molecular flexibility index (Phi) is 4.22. The second-order valence-electron chi connectivity index (χ2n) is 6.95. The van der Waals surface area contributed by atoms with Crippen molar-refractivity contribution in [2.24, 2.45) is 0 Å². The molecule has 0 saturated heterocycles. The summed E-state index contributed by atoms with van der Waals surface area (Å²) >= 11 is 0. The summed E-state index contributed by atoms with van der Waals surface area (Å²) in [5.41, 5.74) is 0.0558. The van der Waals surface area contributed by atoms with Gasteiger partial charge in [0.25, 0.3) is 11.8 Å². The van der Waals surface area contributed by atoms with Crippen molar-refractivity contribution in [2.45, 2.75) is 44.4 Å². The highest BCUT2D eigenvalue weighted by Gasteiger charge is 2.47. The molecule has 2 aliphatic rings. The normalized spacial score (nSPS) is 18.4. The minimum absolute atomic E-state index is 0.210. The minimum Gasteiger partial charge on any atom is -0.334 e. The van der Waals surface area contributed by atoms with Crippen molar-refractivity contribution < 1.29 is 14.0 Å². The summed E-state index contributed by atoms with van der Waals surface area (Å²) in [5.74, 6) is -0.724. The molecule has 1 fully saturated rings. The molecule has 7 heteroatoms. The zero-order chi connectivity index (χ0) is 18.1. The first kappa shape index (κ1) is 16.8. The van der Waals surface area contributed by atoms with Crippen LogP contribution in [0, 0.1) is 0 Å². The highest BCUT2D eigenvalue weighted by Crippen LogP contribution is 2.38. The molecule has 2 amide bonds. The van der Waals surface area contributed by atoms with Crippen molar-refractivity contribution in [3.05, 3.63) is 47.8 Å². The summed E-state index contributed by atoms with van der Waals surface area (Å²) < 4.78 is 16.3. The number of benzene rings is 1. The number of para-hydroxylation sites is 1. The van der Waals surface area contributed by atoms with Crippen LogP contribution in [0.4, 0.5) is 10.1 Å². The summed E-state index contributed by atoms with van der Waals surface area (Å²) in [7, 11) is 0. The van der Waals surface area contributed by atoms with Gasteiger partial charge in [0, 0.05) is 18.8 Å². The number of fused-ring (bicyclic) bond motifs is 1. The van der Waals surface area contributed by atoms with Crippen LogP contribution in [0.2, 0.25) is 0 Å². The van der Waals surface area contributed by atoms with Gasteiger partial charge in [-0.25, -0.2) is 4.39 Å². The molecule has 2 heterocycles. The molecule has 0 unspecified atom stereocenters. The van der Waals surface area contributed by atoms with E-state index in [9.17, 15) is 14.0 Å². The lowest BCUT2D eigenvalue weighted by Gasteiger charge is -2.36. The Labute approximate surface area is 151 Å². The number of amides is 2. The molecule has 2 aromatic rings. The Morgan fingerprint density at radius 2 is 1.88 bits per heavy atom. The zero-order valence-corrected chi connectivity index (χ0v) is 14.4. The summed E-state index contributed by atoms with van der Waals surface area (Å²) in [5, 5.41) is 7.14. The molecule has 1 aromatic carbocycles. The van der Waals surface area contributed by atoms with Crippen molar-refractivity contribution in [3.63, 3.8) is 0 Å². The average molecular weight is 356 g/mol. The van der Waals surface area contributed by atoms with Gasteiger partial charge >= 0.3 is 0 Å². The first-order chi connectivity index (χ1) is 12.6. The molecule has 136 valence electrons. The Bertz CT molecular complexity index is 829. The van der Waals surface area contributed by atoms with E-state index in [4.69, 9.17) is 0 Å². The van der Waals surface area contributed by atoms with E-state index in [1.54, 1.807) is 21.7 Å². The molecule has 0 spiro atoms. The van der Waals surface area contributed by atoms with Gasteiger partial charge in [-0.15, -0.1) is 0 Å². The van der Waals surface area contributed by atoms with Gasteiger partial charge in [-0.05, 0) is 37.8 Å². The number of aryl methyl sites for hydroxylation is 1. The molecular weight excluding hydrogens is 335 g/mol. The second-order valence-corrected chi connectivity index (χ2v) is 6.95. The topological polar surface area (TPSA) is 67.2 Å². The van der Waals surface area contributed by atoms with Gasteiger partial charge in [0.1, 0.15) is 0 Å². The number of aromatic nitrogens is 2. The van der Waals surface area contributed by atoms with Gasteiger partial charge in [-0.1, -0.05) is 18.2 Å². The van der Waals surface area contributed by atoms with Crippen LogP contribution in [0.1, 0.15) is 41.7 Å². The standard InChI is InChI=1S/C19H21FN4O2/c20-19(8-4-9-19)18(26)23-10-5-11-24-16(13-23)15(12-21-24)17(25)22-14-6-2-1-3-7-14/h1-3,6-7,12H,4-5,8-11,13H2,(H,22,25). The quantitative estimate of drug-likeness (QED) is 0.920. The highest BCUT2D eigenvalue weighted by atomic mass is 19.1. The Balaban J connectivity index is 1.56. The van der Waals surface area contributed by atoms with E-state index in [0.29, 0.717) is 49.3 Å². The van der Waals surface area contributed by atoms with Crippen LogP contribution in [0.5, 0.6) is 0 Å². The van der Waals surface area contributed by atoms with Gasteiger partial charge < -0.3 is 10.2 Å². The van der Waals surface area contributed by atoms with Crippen molar-refractivity contribution >= 4 is 17.5 Å². The van der Waals surface area contributed by atoms with Crippen LogP contribution in [0.25, 0.3) is 0 Å². The van der Waals surface area contributed by atoms with E-state index in [0.717, 1.165) is 6.42 Å². The van der Waals surface area contributed by atoms with Crippen molar-refractivity contribution in [3.8, 4) is 0 Å². The molecule has 26 heavy (non-hydrogen) atoms. The van der Waals surface area contributed by atoms with Crippen LogP contribution in [-0.2, 0) is 17.9 Å². The number of hydrogen-bond acceptors (Lipinski definition) is 3. The van der Waals surface area contributed by atoms with Gasteiger partial charge in [-0.3, -0.25) is 14.3 Å². The predicted molar refractivity (Wildman–Crippen MR) is 94.3 cm³/mol. The van der Waals surface area contributed by atoms with Crippen LogP contribution in [0.3, 0.4) is 0 Å². The van der Waals surface area contributed by atoms with Crippen LogP contribution < -0.4 is 5.32 Å². The van der Waals surface area contributed by atoms with E-state index >= 15 is 0 Å². The Morgan fingerprint density at radius 1 is 1.12 bits per heavy atom. The molecular formula is C19H21FN4O2. The lowest BCUT2D eigenvalue weighted by molar-refractivity contribution is -0.150. The zero-order valence-electron chi connectivity index (χ0n) is 14.4. The van der Waals surface area contributed by atoms with Crippen LogP contribution in [-0.4, -0.2) is 38.7 Å². The second kappa shape index (κ2) is 6.55. The SMILES string of the molecule is O=C(Nc1ccccc1)c1cnn2c1CN(C(=O)C1(F)CCC1)CCC2. The van der Waals surface area contributed by atoms with Crippen LogP contribution >= 0.6 is 0 Å². The largest absolute Gasteiger partial charge is 0.334 e. The average Bonchev–Trinajstić information content (AvgIpc) is 2.90. The maximum atomic E-state index is 14.6. The number of hydrogen-bond donors (Lipinski definition) is 1. The Morgan fingerprint density at radius 3 is 2.58 bits per heavy atom. The number of rotatable bonds is 3. The fraction of sp³-hybridized carbons (Fsp3) is 0.421. The molecule has 1 aliphatic carbocycles. The fourth-order valence-electron chi connectivity index (χ4n) is 3.51. The van der Waals surface area contributed by atoms with Crippen LogP contribution in [0.15, 0.2) is 36.5 Å². The van der Waals surface area contributed by atoms with Gasteiger partial charge in [-0.2, -0.15) is 5.10 Å². The molecule has 1 aliphatic heterocycles. The highest BCUT2D eigenvalue weighted by molar-refractivity contribution is 6.05. The predicted octanol–water partition coefficient (Wildman–Crippen LogP) is 2.76. The van der Waals surface area contributed by atoms with Crippen molar-refractivity contribution in [1.29, 1.82) is 0 Å². The number of carbonyl (C=O) groups is 2. The molecule has 1 N–H and O–H groups in total. The minimum atomic E-state index is -1.72. The molecule has 0 atom stereocenters. The third kappa shape index (κ3) is 2.98. The molecule has 4 rings (SSSR count). The van der Waals surface area contributed by atoms with Gasteiger partial charge in [0.15, 0.2) is 5.67 Å². The first-order valence-electron chi connectivity index (χ1n) is 8.96. The maximum absolute atomic E-state index is 14.6. The van der Waals surface area contributed by atoms with Gasteiger partial charge in [0.2, 0.25) is 0 Å². The lowest BCUT2D eigenvalue weighted by atomic mass is 9.81. The summed E-state index contributed by atoms with van der Waals surface area (Å²) in [4.78, 5) is 26.8. The summed E-state index contributed by atoms with van der Waals surface area (Å²) in [6, 6.07) is 9.17. The first-order valence-corrected chi connectivity index (χ1v) is 8.96. The summed E-state index contributed by atoms with van der Waals surface area (Å²) in [6.07, 6.45) is 3.55. The summed E-state index contributed by atoms with van der Waals surface area (Å²) in [6.45, 7) is 1.30. The third-order valence-electron chi connectivity index (χ3n) is 5.18. The number of anilines is 1. The number of carbonyl (C=O) groups excluding carboxylic acids is 2. The number of nitrogens with zero attached hydrogens (tertiary/aromatic N) is 3. The molecule has 0 radical (unpaired) electrons. The number of nitrogens with one attached hydrogen (secondary N) is 1. The number of alkyl halides is 1. The third-order valence-corrected chi connectivity index (χ3v) is 5.18. The van der Waals surface area contributed by atoms with E-state index < -0.39 is 11.6 Å². The monoisotopic (exact) mass is 356 g/mol. The smallest absolute Gasteiger partial charge is 0.260 e. The molecule has 6 nitrogen and oxygen atoms in total. The van der Waals surface area contributed by atoms with E-state index in [1.807, 2.05) is 18.2 Å². The molecule has 0 bridgehead atoms. The van der Waals surface area contributed by atoms with Gasteiger partial charge in [0.05, 0.1) is 24.0 Å². The molecule has 1 saturated carbocycles. The van der Waals surface area contributed by atoms with Crippen molar-refractivity contribution in [1.82, 2.24) is 14.7 Å².